The summed E-state index contributed by atoms with van der Waals surface area (Å²) < 4.78 is 47.2. The summed E-state index contributed by atoms with van der Waals surface area (Å²) in [7, 11) is 0.547. The molecule has 0 saturated carbocycles. The van der Waals surface area contributed by atoms with Crippen LogP contribution in [0.1, 0.15) is 40.9 Å². The van der Waals surface area contributed by atoms with Crippen molar-refractivity contribution < 1.29 is 22.7 Å². The molecule has 3 nitrogen and oxygen atoms in total. The van der Waals surface area contributed by atoms with Gasteiger partial charge < -0.3 is 9.64 Å². The van der Waals surface area contributed by atoms with E-state index < -0.39 is 30.8 Å². The van der Waals surface area contributed by atoms with Gasteiger partial charge in [-0.1, -0.05) is 60.7 Å². The molecule has 2 aliphatic rings. The number of rotatable bonds is 4. The van der Waals surface area contributed by atoms with Gasteiger partial charge in [0, 0.05) is 31.8 Å². The molecule has 7 heteroatoms. The first-order chi connectivity index (χ1) is 19.0. The maximum atomic E-state index is 14.0. The number of carbonyl (C=O) groups is 1. The zero-order valence-electron chi connectivity index (χ0n) is 22.2. The van der Waals surface area contributed by atoms with Gasteiger partial charge in [0.15, 0.2) is 5.52 Å². The number of halogens is 3. The highest BCUT2D eigenvalue weighted by atomic mass is 31.1. The van der Waals surface area contributed by atoms with Crippen molar-refractivity contribution in [1.29, 1.82) is 0 Å². The zero-order valence-corrected chi connectivity index (χ0v) is 23.1. The number of nitrogens with zero attached hydrogens (tertiary/aromatic N) is 1. The van der Waals surface area contributed by atoms with E-state index in [4.69, 9.17) is 4.74 Å². The largest absolute Gasteiger partial charge is 0.463 e. The van der Waals surface area contributed by atoms with Crippen LogP contribution in [0.3, 0.4) is 0 Å². The molecule has 1 unspecified atom stereocenters. The Morgan fingerprint density at radius 1 is 0.850 bits per heavy atom. The number of alkyl halides is 3. The summed E-state index contributed by atoms with van der Waals surface area (Å²) in [6.45, 7) is 3.80. The van der Waals surface area contributed by atoms with Gasteiger partial charge in [-0.3, -0.25) is 4.79 Å². The monoisotopic (exact) mass is 557 g/mol. The Morgan fingerprint density at radius 3 is 2.08 bits per heavy atom. The molecule has 0 N–H and O–H groups in total. The van der Waals surface area contributed by atoms with E-state index in [1.807, 2.05) is 105 Å². The fourth-order valence-electron chi connectivity index (χ4n) is 5.79. The highest BCUT2D eigenvalue weighted by Crippen LogP contribution is 2.55. The molecule has 1 spiro atoms. The lowest BCUT2D eigenvalue weighted by Gasteiger charge is -2.45. The van der Waals surface area contributed by atoms with E-state index in [1.165, 1.54) is 12.1 Å². The Morgan fingerprint density at radius 2 is 1.48 bits per heavy atom. The van der Waals surface area contributed by atoms with Crippen molar-refractivity contribution in [2.45, 2.75) is 31.2 Å². The molecular formula is C33H27F3NO2P. The second kappa shape index (κ2) is 9.35. The summed E-state index contributed by atoms with van der Waals surface area (Å²) >= 11 is 0. The lowest BCUT2D eigenvalue weighted by Crippen LogP contribution is -2.58. The summed E-state index contributed by atoms with van der Waals surface area (Å²) in [6, 6.07) is 28.9. The molecule has 40 heavy (non-hydrogen) atoms. The molecule has 6 rings (SSSR count). The summed E-state index contributed by atoms with van der Waals surface area (Å²) in [5, 5.41) is 1.95. The van der Waals surface area contributed by atoms with Gasteiger partial charge in [-0.2, -0.15) is 13.2 Å². The van der Waals surface area contributed by atoms with Crippen LogP contribution in [0, 0.1) is 0 Å². The Hall–Kier alpha value is -3.89. The number of likely N-dealkylation sites (N-methyl/N-ethyl adjacent to an activating group) is 1. The number of fused-ring (bicyclic) bond motifs is 2. The fourth-order valence-corrected chi connectivity index (χ4v) is 7.89. The molecule has 0 aromatic heterocycles. The summed E-state index contributed by atoms with van der Waals surface area (Å²) in [4.78, 5) is 15.9. The predicted octanol–water partition coefficient (Wildman–Crippen LogP) is 7.51. The Balaban J connectivity index is 1.36. The quantitative estimate of drug-likeness (QED) is 0.243. The van der Waals surface area contributed by atoms with Gasteiger partial charge in [0.25, 0.3) is 0 Å². The molecule has 202 valence electrons. The van der Waals surface area contributed by atoms with Crippen LogP contribution in [0.4, 0.5) is 18.9 Å². The lowest BCUT2D eigenvalue weighted by atomic mass is 9.76. The third-order valence-electron chi connectivity index (χ3n) is 8.00. The zero-order chi connectivity index (χ0) is 28.3. The van der Waals surface area contributed by atoms with E-state index in [-0.39, 0.29) is 5.52 Å². The van der Waals surface area contributed by atoms with Gasteiger partial charge in [-0.25, -0.2) is 0 Å². The number of benzene rings is 4. The first kappa shape index (κ1) is 26.3. The van der Waals surface area contributed by atoms with E-state index in [2.05, 4.69) is 0 Å². The molecule has 0 aliphatic carbocycles. The molecule has 4 aromatic rings. The highest BCUT2D eigenvalue weighted by molar-refractivity contribution is 7.88. The highest BCUT2D eigenvalue weighted by Gasteiger charge is 2.58. The molecule has 2 heterocycles. The smallest absolute Gasteiger partial charge is 0.416 e. The van der Waals surface area contributed by atoms with Gasteiger partial charge >= 0.3 is 6.18 Å². The topological polar surface area (TPSA) is 29.5 Å². The van der Waals surface area contributed by atoms with Crippen LogP contribution in [-0.2, 0) is 11.6 Å². The van der Waals surface area contributed by atoms with E-state index in [1.54, 1.807) is 12.1 Å². The summed E-state index contributed by atoms with van der Waals surface area (Å²) in [5.74, 6) is 0.576. The maximum absolute atomic E-state index is 14.0. The lowest BCUT2D eigenvalue weighted by molar-refractivity contribution is -0.137. The Bertz CT molecular complexity index is 1590. The number of hydrogen-bond acceptors (Lipinski definition) is 3. The minimum Gasteiger partial charge on any atom is -0.463 e. The van der Waals surface area contributed by atoms with Crippen molar-refractivity contribution in [3.05, 3.63) is 125 Å². The molecular weight excluding hydrogens is 530 g/mol. The van der Waals surface area contributed by atoms with Gasteiger partial charge in [-0.05, 0) is 78.6 Å². The van der Waals surface area contributed by atoms with Gasteiger partial charge in [0.05, 0.1) is 11.0 Å². The van der Waals surface area contributed by atoms with Crippen LogP contribution >= 0.6 is 7.92 Å². The summed E-state index contributed by atoms with van der Waals surface area (Å²) in [5.41, 5.74) is 0.128. The van der Waals surface area contributed by atoms with Crippen molar-refractivity contribution in [3.8, 4) is 5.75 Å². The van der Waals surface area contributed by atoms with E-state index in [0.717, 1.165) is 22.2 Å². The maximum Gasteiger partial charge on any atom is 0.416 e. The second-order valence-electron chi connectivity index (χ2n) is 10.6. The molecule has 1 atom stereocenters. The summed E-state index contributed by atoms with van der Waals surface area (Å²) in [6.07, 6.45) is -0.622. The third-order valence-corrected chi connectivity index (χ3v) is 10.3. The molecule has 0 radical (unpaired) electrons. The van der Waals surface area contributed by atoms with E-state index in [9.17, 15) is 18.0 Å². The van der Waals surface area contributed by atoms with Crippen molar-refractivity contribution in [2.24, 2.45) is 0 Å². The number of anilines is 1. The van der Waals surface area contributed by atoms with Crippen molar-refractivity contribution in [2.75, 3.05) is 11.9 Å². The molecule has 0 saturated heterocycles. The molecule has 0 fully saturated rings. The van der Waals surface area contributed by atoms with Crippen molar-refractivity contribution >= 4 is 35.8 Å². The van der Waals surface area contributed by atoms with Crippen molar-refractivity contribution in [1.82, 2.24) is 0 Å². The predicted molar refractivity (Wildman–Crippen MR) is 155 cm³/mol. The van der Waals surface area contributed by atoms with Crippen LogP contribution in [0.25, 0.3) is 6.08 Å². The number of ether oxygens (including phenoxy) is 1. The molecule has 0 amide bonds. The van der Waals surface area contributed by atoms with Crippen LogP contribution < -0.4 is 20.2 Å². The fraction of sp³-hybridized carbons (Fsp3) is 0.182. The minimum absolute atomic E-state index is 0.0364. The van der Waals surface area contributed by atoms with Crippen molar-refractivity contribution in [3.63, 3.8) is 0 Å². The van der Waals surface area contributed by atoms with Gasteiger partial charge in [0.1, 0.15) is 5.75 Å². The normalized spacial score (nSPS) is 18.9. The van der Waals surface area contributed by atoms with Crippen LogP contribution in [0.2, 0.25) is 0 Å². The molecule has 2 aliphatic heterocycles. The minimum atomic E-state index is -4.43. The van der Waals surface area contributed by atoms with Crippen LogP contribution in [0.5, 0.6) is 5.75 Å². The molecule has 0 bridgehead atoms. The van der Waals surface area contributed by atoms with Crippen LogP contribution in [-0.4, -0.2) is 18.3 Å². The molecule has 4 aromatic carbocycles. The van der Waals surface area contributed by atoms with E-state index in [0.29, 0.717) is 22.6 Å². The Labute approximate surface area is 232 Å². The SMILES string of the molecule is CN1c2ccc(C(F)(F)F)cc2C(C)(C)C12C=Cc1cc(C(=O)P(c3ccccc3)c3ccccc3)ccc1O2. The number of hydrogen-bond donors (Lipinski definition) is 0. The van der Waals surface area contributed by atoms with Crippen LogP contribution in [0.15, 0.2) is 103 Å². The first-order valence-electron chi connectivity index (χ1n) is 13.0. The Kier molecular flexibility index (Phi) is 6.15. The standard InChI is InChI=1S/C33H27F3NO2P/c1-31(2)27-21-24(33(34,35)36)15-16-28(27)37(3)32(31)19-18-22-20-23(14-17-29(22)39-32)30(38)40(25-10-6-4-7-11-25)26-12-8-5-9-13-26/h4-21H,1-3H3. The average molecular weight is 558 g/mol. The second-order valence-corrected chi connectivity index (χ2v) is 12.7. The van der Waals surface area contributed by atoms with Gasteiger partial charge in [-0.15, -0.1) is 0 Å². The van der Waals surface area contributed by atoms with E-state index >= 15 is 0 Å². The third kappa shape index (κ3) is 4.05. The average Bonchev–Trinajstić information content (AvgIpc) is 3.11. The first-order valence-corrected chi connectivity index (χ1v) is 14.3. The number of carbonyl (C=O) groups excluding carboxylic acids is 1. The van der Waals surface area contributed by atoms with Gasteiger partial charge in [0.2, 0.25) is 5.72 Å².